The first-order chi connectivity index (χ1) is 9.16. The third-order valence-corrected chi connectivity index (χ3v) is 3.33. The van der Waals surface area contributed by atoms with E-state index in [4.69, 9.17) is 14.2 Å². The summed E-state index contributed by atoms with van der Waals surface area (Å²) in [5, 5.41) is 20.1. The average Bonchev–Trinajstić information content (AvgIpc) is 2.31. The first-order valence-electron chi connectivity index (χ1n) is 6.44. The molecule has 4 atom stereocenters. The molecule has 0 aromatic carbocycles. The van der Waals surface area contributed by atoms with Crippen molar-refractivity contribution in [3.63, 3.8) is 0 Å². The monoisotopic (exact) mass is 290 g/mol. The highest BCUT2D eigenvalue weighted by Gasteiger charge is 2.49. The van der Waals surface area contributed by atoms with Crippen LogP contribution in [-0.4, -0.2) is 59.8 Å². The topological polar surface area (TPSA) is 102 Å². The van der Waals surface area contributed by atoms with E-state index in [1.165, 1.54) is 13.8 Å². The lowest BCUT2D eigenvalue weighted by Gasteiger charge is -2.44. The molecule has 7 heteroatoms. The summed E-state index contributed by atoms with van der Waals surface area (Å²) in [6, 6.07) is 0. The van der Waals surface area contributed by atoms with Crippen LogP contribution in [0.4, 0.5) is 0 Å². The molecule has 4 unspecified atom stereocenters. The molecule has 0 amide bonds. The minimum Gasteiger partial charge on any atom is -0.459 e. The Morgan fingerprint density at radius 3 is 1.65 bits per heavy atom. The molecular formula is C13H22O7. The molecule has 7 nitrogen and oxygen atoms in total. The summed E-state index contributed by atoms with van der Waals surface area (Å²) in [6.45, 7) is 5.60. The standard InChI is InChI=1S/C13H22O7/c1-7(14)19-11-9(16)5-18-6-10(17)12(13(11,3)4)20-8(2)15/h9-12,16-17H,5-6H2,1-4H3. The highest BCUT2D eigenvalue weighted by Crippen LogP contribution is 2.35. The van der Waals surface area contributed by atoms with Gasteiger partial charge >= 0.3 is 11.9 Å². The van der Waals surface area contributed by atoms with Crippen LogP contribution in [0, 0.1) is 5.41 Å². The maximum Gasteiger partial charge on any atom is 0.303 e. The Balaban J connectivity index is 3.10. The largest absolute Gasteiger partial charge is 0.459 e. The molecule has 2 N–H and O–H groups in total. The number of hydrogen-bond acceptors (Lipinski definition) is 7. The smallest absolute Gasteiger partial charge is 0.303 e. The van der Waals surface area contributed by atoms with Gasteiger partial charge in [-0.25, -0.2) is 0 Å². The molecule has 0 aromatic rings. The second-order valence-electron chi connectivity index (χ2n) is 5.55. The maximum absolute atomic E-state index is 11.2. The van der Waals surface area contributed by atoms with Crippen molar-refractivity contribution in [1.29, 1.82) is 0 Å². The van der Waals surface area contributed by atoms with Crippen molar-refractivity contribution in [2.45, 2.75) is 52.1 Å². The Morgan fingerprint density at radius 2 is 1.35 bits per heavy atom. The Kier molecular flexibility index (Phi) is 5.50. The first kappa shape index (κ1) is 16.9. The highest BCUT2D eigenvalue weighted by atomic mass is 16.6. The van der Waals surface area contributed by atoms with Gasteiger partial charge < -0.3 is 24.4 Å². The van der Waals surface area contributed by atoms with E-state index in [-0.39, 0.29) is 13.2 Å². The molecule has 1 fully saturated rings. The van der Waals surface area contributed by atoms with Gasteiger partial charge in [-0.2, -0.15) is 0 Å². The summed E-state index contributed by atoms with van der Waals surface area (Å²) < 4.78 is 15.4. The fourth-order valence-electron chi connectivity index (χ4n) is 2.46. The summed E-state index contributed by atoms with van der Waals surface area (Å²) in [5.41, 5.74) is -0.972. The van der Waals surface area contributed by atoms with Crippen molar-refractivity contribution in [3.05, 3.63) is 0 Å². The minimum absolute atomic E-state index is 0.0781. The zero-order valence-electron chi connectivity index (χ0n) is 12.2. The maximum atomic E-state index is 11.2. The van der Waals surface area contributed by atoms with E-state index < -0.39 is 41.8 Å². The van der Waals surface area contributed by atoms with Crippen LogP contribution in [0.15, 0.2) is 0 Å². The fraction of sp³-hybridized carbons (Fsp3) is 0.846. The van der Waals surface area contributed by atoms with Gasteiger partial charge in [0, 0.05) is 19.3 Å². The van der Waals surface area contributed by atoms with Gasteiger partial charge in [0.05, 0.1) is 13.2 Å². The number of hydrogen-bond donors (Lipinski definition) is 2. The van der Waals surface area contributed by atoms with Crippen molar-refractivity contribution in [1.82, 2.24) is 0 Å². The highest BCUT2D eigenvalue weighted by molar-refractivity contribution is 5.67. The number of carbonyl (C=O) groups is 2. The second kappa shape index (κ2) is 6.51. The normalized spacial score (nSPS) is 33.7. The van der Waals surface area contributed by atoms with Gasteiger partial charge in [0.1, 0.15) is 24.4 Å². The quantitative estimate of drug-likeness (QED) is 0.669. The lowest BCUT2D eigenvalue weighted by atomic mass is 9.75. The molecule has 1 heterocycles. The van der Waals surface area contributed by atoms with E-state index in [9.17, 15) is 19.8 Å². The predicted molar refractivity (Wildman–Crippen MR) is 67.7 cm³/mol. The predicted octanol–water partition coefficient (Wildman–Crippen LogP) is -0.372. The van der Waals surface area contributed by atoms with Gasteiger partial charge in [-0.1, -0.05) is 13.8 Å². The molecule has 0 radical (unpaired) electrons. The van der Waals surface area contributed by atoms with Crippen LogP contribution >= 0.6 is 0 Å². The van der Waals surface area contributed by atoms with Crippen LogP contribution in [-0.2, 0) is 23.8 Å². The summed E-state index contributed by atoms with van der Waals surface area (Å²) in [4.78, 5) is 22.4. The summed E-state index contributed by atoms with van der Waals surface area (Å²) in [6.07, 6.45) is -4.06. The van der Waals surface area contributed by atoms with Gasteiger partial charge in [-0.3, -0.25) is 9.59 Å². The molecule has 116 valence electrons. The van der Waals surface area contributed by atoms with Crippen molar-refractivity contribution < 1.29 is 34.0 Å². The Labute approximate surface area is 117 Å². The number of aliphatic hydroxyl groups excluding tert-OH is 2. The summed E-state index contributed by atoms with van der Waals surface area (Å²) >= 11 is 0. The van der Waals surface area contributed by atoms with E-state index in [1.54, 1.807) is 13.8 Å². The third-order valence-electron chi connectivity index (χ3n) is 3.33. The first-order valence-corrected chi connectivity index (χ1v) is 6.44. The van der Waals surface area contributed by atoms with Gasteiger partial charge in [0.25, 0.3) is 0 Å². The average molecular weight is 290 g/mol. The SMILES string of the molecule is CC(=O)OC1C(O)COCC(O)C(OC(C)=O)C1(C)C. The van der Waals surface area contributed by atoms with E-state index in [0.29, 0.717) is 0 Å². The van der Waals surface area contributed by atoms with Crippen molar-refractivity contribution in [2.75, 3.05) is 13.2 Å². The molecule has 1 saturated heterocycles. The number of rotatable bonds is 2. The Hall–Kier alpha value is -1.18. The minimum atomic E-state index is -1.07. The number of aliphatic hydroxyl groups is 2. The molecule has 20 heavy (non-hydrogen) atoms. The summed E-state index contributed by atoms with van der Waals surface area (Å²) in [5.74, 6) is -1.14. The van der Waals surface area contributed by atoms with Crippen LogP contribution in [0.2, 0.25) is 0 Å². The number of ether oxygens (including phenoxy) is 3. The second-order valence-corrected chi connectivity index (χ2v) is 5.55. The van der Waals surface area contributed by atoms with Crippen LogP contribution in [0.25, 0.3) is 0 Å². The van der Waals surface area contributed by atoms with Crippen LogP contribution in [0.5, 0.6) is 0 Å². The molecular weight excluding hydrogens is 268 g/mol. The van der Waals surface area contributed by atoms with Gasteiger partial charge in [0.2, 0.25) is 0 Å². The van der Waals surface area contributed by atoms with Gasteiger partial charge in [-0.15, -0.1) is 0 Å². The lowest BCUT2D eigenvalue weighted by molar-refractivity contribution is -0.212. The van der Waals surface area contributed by atoms with E-state index >= 15 is 0 Å². The molecule has 0 bridgehead atoms. The van der Waals surface area contributed by atoms with Gasteiger partial charge in [-0.05, 0) is 0 Å². The van der Waals surface area contributed by atoms with Crippen molar-refractivity contribution >= 4 is 11.9 Å². The lowest BCUT2D eigenvalue weighted by Crippen LogP contribution is -2.58. The Bertz CT molecular complexity index is 334. The summed E-state index contributed by atoms with van der Waals surface area (Å²) in [7, 11) is 0. The fourth-order valence-corrected chi connectivity index (χ4v) is 2.46. The third kappa shape index (κ3) is 3.91. The zero-order chi connectivity index (χ0) is 15.5. The molecule has 1 aliphatic rings. The van der Waals surface area contributed by atoms with Gasteiger partial charge in [0.15, 0.2) is 0 Å². The zero-order valence-corrected chi connectivity index (χ0v) is 12.2. The van der Waals surface area contributed by atoms with Crippen molar-refractivity contribution in [2.24, 2.45) is 5.41 Å². The molecule has 0 aromatic heterocycles. The van der Waals surface area contributed by atoms with Crippen LogP contribution in [0.3, 0.4) is 0 Å². The molecule has 0 saturated carbocycles. The molecule has 0 spiro atoms. The van der Waals surface area contributed by atoms with Crippen LogP contribution in [0.1, 0.15) is 27.7 Å². The molecule has 1 aliphatic heterocycles. The Morgan fingerprint density at radius 1 is 1.00 bits per heavy atom. The van der Waals surface area contributed by atoms with E-state index in [1.807, 2.05) is 0 Å². The molecule has 0 aliphatic carbocycles. The number of esters is 2. The van der Waals surface area contributed by atoms with E-state index in [0.717, 1.165) is 0 Å². The molecule has 1 rings (SSSR count). The number of carbonyl (C=O) groups excluding carboxylic acids is 2. The van der Waals surface area contributed by atoms with Crippen molar-refractivity contribution in [3.8, 4) is 0 Å². The van der Waals surface area contributed by atoms with Crippen LogP contribution < -0.4 is 0 Å². The van der Waals surface area contributed by atoms with E-state index in [2.05, 4.69) is 0 Å².